The summed E-state index contributed by atoms with van der Waals surface area (Å²) >= 11 is 0. The molecule has 0 aliphatic carbocycles. The van der Waals surface area contributed by atoms with E-state index in [4.69, 9.17) is 4.74 Å². The average Bonchev–Trinajstić information content (AvgIpc) is 3.11. The van der Waals surface area contributed by atoms with Gasteiger partial charge in [-0.2, -0.15) is 5.10 Å². The third-order valence-corrected chi connectivity index (χ3v) is 3.30. The largest absolute Gasteiger partial charge is 0.494 e. The van der Waals surface area contributed by atoms with E-state index in [0.717, 1.165) is 11.4 Å². The fourth-order valence-corrected chi connectivity index (χ4v) is 2.22. The van der Waals surface area contributed by atoms with Gasteiger partial charge in [-0.25, -0.2) is 4.68 Å². The molecular weight excluding hydrogens is 290 g/mol. The molecule has 0 aliphatic heterocycles. The number of aromatic nitrogens is 2. The molecule has 1 N–H and O–H groups in total. The average molecular weight is 307 g/mol. The Morgan fingerprint density at radius 2 is 2.00 bits per heavy atom. The predicted octanol–water partition coefficient (Wildman–Crippen LogP) is 3.52. The Labute approximate surface area is 134 Å². The SMILES string of the molecule is CCOc1cccc(C(=O)Nc2ccc(-n3cccn3)cc2)c1. The normalized spacial score (nSPS) is 10.3. The van der Waals surface area contributed by atoms with Crippen molar-refractivity contribution < 1.29 is 9.53 Å². The van der Waals surface area contributed by atoms with Gasteiger partial charge in [-0.1, -0.05) is 6.07 Å². The van der Waals surface area contributed by atoms with Crippen LogP contribution in [0.2, 0.25) is 0 Å². The summed E-state index contributed by atoms with van der Waals surface area (Å²) in [5, 5.41) is 7.04. The van der Waals surface area contributed by atoms with Gasteiger partial charge in [-0.05, 0) is 55.5 Å². The first-order chi connectivity index (χ1) is 11.3. The molecule has 0 atom stereocenters. The highest BCUT2D eigenvalue weighted by atomic mass is 16.5. The molecule has 1 heterocycles. The zero-order valence-corrected chi connectivity index (χ0v) is 12.8. The number of amides is 1. The molecule has 0 saturated carbocycles. The summed E-state index contributed by atoms with van der Waals surface area (Å²) in [5.74, 6) is 0.521. The van der Waals surface area contributed by atoms with Gasteiger partial charge in [-0.3, -0.25) is 4.79 Å². The van der Waals surface area contributed by atoms with E-state index in [0.29, 0.717) is 17.9 Å². The van der Waals surface area contributed by atoms with Crippen molar-refractivity contribution in [2.45, 2.75) is 6.92 Å². The maximum atomic E-state index is 12.3. The number of nitrogens with zero attached hydrogens (tertiary/aromatic N) is 2. The molecule has 5 heteroatoms. The summed E-state index contributed by atoms with van der Waals surface area (Å²) in [6, 6.07) is 16.5. The van der Waals surface area contributed by atoms with Gasteiger partial charge in [0.25, 0.3) is 5.91 Å². The van der Waals surface area contributed by atoms with Crippen LogP contribution in [0.15, 0.2) is 67.0 Å². The van der Waals surface area contributed by atoms with Crippen LogP contribution in [0, 0.1) is 0 Å². The van der Waals surface area contributed by atoms with Crippen LogP contribution in [0.5, 0.6) is 5.75 Å². The van der Waals surface area contributed by atoms with E-state index in [1.807, 2.05) is 49.5 Å². The fraction of sp³-hybridized carbons (Fsp3) is 0.111. The second kappa shape index (κ2) is 6.79. The number of hydrogen-bond donors (Lipinski definition) is 1. The zero-order chi connectivity index (χ0) is 16.1. The summed E-state index contributed by atoms with van der Waals surface area (Å²) in [5.41, 5.74) is 2.23. The van der Waals surface area contributed by atoms with Crippen molar-refractivity contribution >= 4 is 11.6 Å². The lowest BCUT2D eigenvalue weighted by molar-refractivity contribution is 0.102. The number of nitrogens with one attached hydrogen (secondary N) is 1. The Hall–Kier alpha value is -3.08. The van der Waals surface area contributed by atoms with Crippen molar-refractivity contribution in [2.24, 2.45) is 0 Å². The molecule has 0 unspecified atom stereocenters. The number of benzene rings is 2. The van der Waals surface area contributed by atoms with E-state index < -0.39 is 0 Å². The molecule has 23 heavy (non-hydrogen) atoms. The third-order valence-electron chi connectivity index (χ3n) is 3.30. The quantitative estimate of drug-likeness (QED) is 0.784. The van der Waals surface area contributed by atoms with Crippen LogP contribution in [0.1, 0.15) is 17.3 Å². The second-order valence-electron chi connectivity index (χ2n) is 4.91. The Balaban J connectivity index is 1.71. The van der Waals surface area contributed by atoms with Crippen molar-refractivity contribution in [3.05, 3.63) is 72.6 Å². The molecule has 3 aromatic rings. The number of rotatable bonds is 5. The standard InChI is InChI=1S/C18H17N3O2/c1-2-23-17-6-3-5-14(13-17)18(22)20-15-7-9-16(10-8-15)21-12-4-11-19-21/h3-13H,2H2,1H3,(H,20,22). The molecule has 0 saturated heterocycles. The van der Waals surface area contributed by atoms with Gasteiger partial charge in [0.15, 0.2) is 0 Å². The minimum absolute atomic E-state index is 0.168. The first-order valence-electron chi connectivity index (χ1n) is 7.40. The van der Waals surface area contributed by atoms with Crippen LogP contribution in [-0.2, 0) is 0 Å². The minimum atomic E-state index is -0.168. The van der Waals surface area contributed by atoms with Crippen molar-refractivity contribution in [2.75, 3.05) is 11.9 Å². The summed E-state index contributed by atoms with van der Waals surface area (Å²) in [7, 11) is 0. The topological polar surface area (TPSA) is 56.1 Å². The number of carbonyl (C=O) groups is 1. The van der Waals surface area contributed by atoms with Crippen molar-refractivity contribution in [1.29, 1.82) is 0 Å². The fourth-order valence-electron chi connectivity index (χ4n) is 2.22. The van der Waals surface area contributed by atoms with E-state index in [2.05, 4.69) is 10.4 Å². The smallest absolute Gasteiger partial charge is 0.255 e. The number of hydrogen-bond acceptors (Lipinski definition) is 3. The molecule has 1 aromatic heterocycles. The molecule has 0 spiro atoms. The van der Waals surface area contributed by atoms with Crippen LogP contribution < -0.4 is 10.1 Å². The number of anilines is 1. The van der Waals surface area contributed by atoms with E-state index in [9.17, 15) is 4.79 Å². The minimum Gasteiger partial charge on any atom is -0.494 e. The number of carbonyl (C=O) groups excluding carboxylic acids is 1. The molecule has 0 fully saturated rings. The molecule has 0 bridgehead atoms. The summed E-state index contributed by atoms with van der Waals surface area (Å²) in [6.07, 6.45) is 3.59. The second-order valence-corrected chi connectivity index (χ2v) is 4.91. The van der Waals surface area contributed by atoms with Gasteiger partial charge in [0, 0.05) is 23.6 Å². The Bertz CT molecular complexity index is 780. The molecule has 2 aromatic carbocycles. The van der Waals surface area contributed by atoms with E-state index >= 15 is 0 Å². The lowest BCUT2D eigenvalue weighted by Gasteiger charge is -2.08. The maximum absolute atomic E-state index is 12.3. The van der Waals surface area contributed by atoms with Crippen LogP contribution >= 0.6 is 0 Å². The summed E-state index contributed by atoms with van der Waals surface area (Å²) in [4.78, 5) is 12.3. The van der Waals surface area contributed by atoms with Gasteiger partial charge >= 0.3 is 0 Å². The number of ether oxygens (including phenoxy) is 1. The molecule has 116 valence electrons. The lowest BCUT2D eigenvalue weighted by atomic mass is 10.2. The third kappa shape index (κ3) is 3.58. The lowest BCUT2D eigenvalue weighted by Crippen LogP contribution is -2.12. The van der Waals surface area contributed by atoms with Gasteiger partial charge in [0.05, 0.1) is 12.3 Å². The van der Waals surface area contributed by atoms with Gasteiger partial charge < -0.3 is 10.1 Å². The predicted molar refractivity (Wildman–Crippen MR) is 89.1 cm³/mol. The Kier molecular flexibility index (Phi) is 4.38. The van der Waals surface area contributed by atoms with Crippen LogP contribution in [0.4, 0.5) is 5.69 Å². The maximum Gasteiger partial charge on any atom is 0.255 e. The molecular formula is C18H17N3O2. The van der Waals surface area contributed by atoms with E-state index in [-0.39, 0.29) is 5.91 Å². The highest BCUT2D eigenvalue weighted by Gasteiger charge is 2.07. The van der Waals surface area contributed by atoms with Crippen LogP contribution in [0.3, 0.4) is 0 Å². The Morgan fingerprint density at radius 1 is 1.17 bits per heavy atom. The molecule has 3 rings (SSSR count). The highest BCUT2D eigenvalue weighted by Crippen LogP contribution is 2.16. The highest BCUT2D eigenvalue weighted by molar-refractivity contribution is 6.04. The van der Waals surface area contributed by atoms with Crippen molar-refractivity contribution in [3.8, 4) is 11.4 Å². The van der Waals surface area contributed by atoms with Gasteiger partial charge in [0.1, 0.15) is 5.75 Å². The van der Waals surface area contributed by atoms with Crippen LogP contribution in [-0.4, -0.2) is 22.3 Å². The molecule has 0 radical (unpaired) electrons. The molecule has 1 amide bonds. The van der Waals surface area contributed by atoms with E-state index in [1.54, 1.807) is 29.1 Å². The van der Waals surface area contributed by atoms with Crippen molar-refractivity contribution in [1.82, 2.24) is 9.78 Å². The summed E-state index contributed by atoms with van der Waals surface area (Å²) in [6.45, 7) is 2.48. The Morgan fingerprint density at radius 3 is 2.70 bits per heavy atom. The van der Waals surface area contributed by atoms with Crippen LogP contribution in [0.25, 0.3) is 5.69 Å². The molecule has 5 nitrogen and oxygen atoms in total. The first-order valence-corrected chi connectivity index (χ1v) is 7.40. The van der Waals surface area contributed by atoms with E-state index in [1.165, 1.54) is 0 Å². The first kappa shape index (κ1) is 14.8. The van der Waals surface area contributed by atoms with Crippen molar-refractivity contribution in [3.63, 3.8) is 0 Å². The van der Waals surface area contributed by atoms with Gasteiger partial charge in [0.2, 0.25) is 0 Å². The van der Waals surface area contributed by atoms with Gasteiger partial charge in [-0.15, -0.1) is 0 Å². The zero-order valence-electron chi connectivity index (χ0n) is 12.8. The summed E-state index contributed by atoms with van der Waals surface area (Å²) < 4.78 is 7.18. The monoisotopic (exact) mass is 307 g/mol. The molecule has 0 aliphatic rings.